The number of benzene rings is 2. The van der Waals surface area contributed by atoms with Crippen molar-refractivity contribution in [3.8, 4) is 5.75 Å². The van der Waals surface area contributed by atoms with Crippen LogP contribution in [0.2, 0.25) is 0 Å². The van der Waals surface area contributed by atoms with E-state index in [0.29, 0.717) is 17.1 Å². The molecule has 0 atom stereocenters. The average molecular weight is 417 g/mol. The van der Waals surface area contributed by atoms with Crippen molar-refractivity contribution in [2.24, 2.45) is 4.99 Å². The van der Waals surface area contributed by atoms with Crippen LogP contribution in [-0.4, -0.2) is 32.3 Å². The molecule has 0 spiro atoms. The Balaban J connectivity index is 2.03. The highest BCUT2D eigenvalue weighted by molar-refractivity contribution is 7.90. The molecule has 28 heavy (non-hydrogen) atoms. The molecule has 146 valence electrons. The molecule has 0 bridgehead atoms. The molecule has 3 aromatic rings. The van der Waals surface area contributed by atoms with Crippen LogP contribution in [0, 0.1) is 0 Å². The molecular weight excluding hydrogens is 396 g/mol. The third kappa shape index (κ3) is 4.40. The number of allylic oxidation sites excluding steroid dienone is 1. The maximum atomic E-state index is 12.5. The van der Waals surface area contributed by atoms with Gasteiger partial charge in [-0.25, -0.2) is 8.42 Å². The van der Waals surface area contributed by atoms with Gasteiger partial charge in [0, 0.05) is 12.8 Å². The highest BCUT2D eigenvalue weighted by atomic mass is 32.2. The van der Waals surface area contributed by atoms with E-state index in [0.717, 1.165) is 15.8 Å². The van der Waals surface area contributed by atoms with E-state index < -0.39 is 9.84 Å². The van der Waals surface area contributed by atoms with E-state index in [2.05, 4.69) is 11.6 Å². The maximum absolute atomic E-state index is 12.5. The second kappa shape index (κ2) is 8.12. The fourth-order valence-corrected chi connectivity index (χ4v) is 4.60. The molecule has 6 nitrogen and oxygen atoms in total. The lowest BCUT2D eigenvalue weighted by Crippen LogP contribution is -2.16. The summed E-state index contributed by atoms with van der Waals surface area (Å²) in [5, 5.41) is 0. The van der Waals surface area contributed by atoms with Crippen molar-refractivity contribution in [2.45, 2.75) is 17.9 Å². The first kappa shape index (κ1) is 20.0. The maximum Gasteiger partial charge on any atom is 0.252 e. The first-order valence-electron chi connectivity index (χ1n) is 8.46. The lowest BCUT2D eigenvalue weighted by atomic mass is 10.1. The number of amides is 1. The Hall–Kier alpha value is -2.71. The van der Waals surface area contributed by atoms with Crippen molar-refractivity contribution in [2.75, 3.05) is 13.4 Å². The number of ether oxygens (including phenoxy) is 1. The molecule has 0 aliphatic carbocycles. The van der Waals surface area contributed by atoms with E-state index in [9.17, 15) is 13.2 Å². The molecule has 1 heterocycles. The zero-order valence-electron chi connectivity index (χ0n) is 15.6. The van der Waals surface area contributed by atoms with Gasteiger partial charge in [-0.1, -0.05) is 29.5 Å². The van der Waals surface area contributed by atoms with Crippen LogP contribution >= 0.6 is 11.3 Å². The summed E-state index contributed by atoms with van der Waals surface area (Å²) in [5.74, 6) is 0.392. The Morgan fingerprint density at radius 3 is 2.75 bits per heavy atom. The van der Waals surface area contributed by atoms with Crippen molar-refractivity contribution in [3.63, 3.8) is 0 Å². The van der Waals surface area contributed by atoms with Crippen LogP contribution in [0.15, 0.2) is 65.0 Å². The number of sulfone groups is 1. The Morgan fingerprint density at radius 2 is 2.07 bits per heavy atom. The number of rotatable bonds is 6. The monoisotopic (exact) mass is 416 g/mol. The van der Waals surface area contributed by atoms with Crippen LogP contribution in [0.3, 0.4) is 0 Å². The number of hydrogen-bond donors (Lipinski definition) is 0. The molecule has 0 N–H and O–H groups in total. The van der Waals surface area contributed by atoms with E-state index in [-0.39, 0.29) is 17.2 Å². The van der Waals surface area contributed by atoms with Crippen LogP contribution in [0.25, 0.3) is 10.2 Å². The number of carbonyl (C=O) groups excluding carboxylic acids is 1. The molecule has 0 fully saturated rings. The Bertz CT molecular complexity index is 1220. The molecule has 1 amide bonds. The van der Waals surface area contributed by atoms with Crippen molar-refractivity contribution < 1.29 is 17.9 Å². The lowest BCUT2D eigenvalue weighted by molar-refractivity contribution is -0.117. The smallest absolute Gasteiger partial charge is 0.252 e. The fourth-order valence-electron chi connectivity index (χ4n) is 2.78. The predicted molar refractivity (Wildman–Crippen MR) is 110 cm³/mol. The topological polar surface area (TPSA) is 77.7 Å². The van der Waals surface area contributed by atoms with E-state index >= 15 is 0 Å². The van der Waals surface area contributed by atoms with Crippen LogP contribution in [0.4, 0.5) is 0 Å². The number of hydrogen-bond acceptors (Lipinski definition) is 5. The second-order valence-electron chi connectivity index (χ2n) is 6.22. The van der Waals surface area contributed by atoms with Crippen molar-refractivity contribution in [3.05, 3.63) is 65.5 Å². The number of carbonyl (C=O) groups is 1. The zero-order chi connectivity index (χ0) is 20.3. The van der Waals surface area contributed by atoms with Gasteiger partial charge in [0.15, 0.2) is 14.6 Å². The summed E-state index contributed by atoms with van der Waals surface area (Å²) in [5.41, 5.74) is 1.62. The minimum Gasteiger partial charge on any atom is -0.497 e. The highest BCUT2D eigenvalue weighted by Crippen LogP contribution is 2.22. The summed E-state index contributed by atoms with van der Waals surface area (Å²) >= 11 is 1.28. The molecule has 0 saturated carbocycles. The van der Waals surface area contributed by atoms with Crippen LogP contribution in [0.5, 0.6) is 5.75 Å². The molecule has 1 aromatic heterocycles. The third-order valence-corrected chi connectivity index (χ3v) is 6.26. The molecule has 0 aliphatic rings. The minimum absolute atomic E-state index is 0.147. The number of aromatic nitrogens is 1. The van der Waals surface area contributed by atoms with E-state index in [1.54, 1.807) is 37.5 Å². The molecule has 3 rings (SSSR count). The van der Waals surface area contributed by atoms with Gasteiger partial charge in [0.05, 0.1) is 28.6 Å². The van der Waals surface area contributed by atoms with Gasteiger partial charge < -0.3 is 9.30 Å². The predicted octanol–water partition coefficient (Wildman–Crippen LogP) is 2.97. The summed E-state index contributed by atoms with van der Waals surface area (Å²) in [4.78, 5) is 17.5. The number of nitrogens with zero attached hydrogens (tertiary/aromatic N) is 2. The minimum atomic E-state index is -3.31. The van der Waals surface area contributed by atoms with Crippen molar-refractivity contribution >= 4 is 37.3 Å². The fraction of sp³-hybridized carbons (Fsp3) is 0.200. The van der Waals surface area contributed by atoms with E-state index in [1.807, 2.05) is 22.8 Å². The van der Waals surface area contributed by atoms with Crippen LogP contribution in [0.1, 0.15) is 5.56 Å². The van der Waals surface area contributed by atoms with Gasteiger partial charge in [-0.2, -0.15) is 4.99 Å². The summed E-state index contributed by atoms with van der Waals surface area (Å²) in [7, 11) is -1.74. The number of thiazole rings is 1. The van der Waals surface area contributed by atoms with Gasteiger partial charge in [0.2, 0.25) is 0 Å². The Kier molecular flexibility index (Phi) is 5.81. The van der Waals surface area contributed by atoms with Gasteiger partial charge in [-0.05, 0) is 35.9 Å². The summed E-state index contributed by atoms with van der Waals surface area (Å²) in [6.07, 6.45) is 3.03. The van der Waals surface area contributed by atoms with Crippen LogP contribution in [-0.2, 0) is 27.6 Å². The molecule has 0 saturated heterocycles. The Morgan fingerprint density at radius 1 is 1.29 bits per heavy atom. The van der Waals surface area contributed by atoms with Gasteiger partial charge in [0.25, 0.3) is 5.91 Å². The summed E-state index contributed by atoms with van der Waals surface area (Å²) in [6, 6.07) is 12.2. The zero-order valence-corrected chi connectivity index (χ0v) is 17.2. The van der Waals surface area contributed by atoms with Crippen molar-refractivity contribution in [1.82, 2.24) is 4.57 Å². The molecule has 8 heteroatoms. The van der Waals surface area contributed by atoms with Gasteiger partial charge >= 0.3 is 0 Å². The molecule has 2 aromatic carbocycles. The standard InChI is InChI=1S/C20H20N2O4S2/c1-4-10-22-17-9-8-16(28(3,24)25)13-18(17)27-20(22)21-19(23)12-14-6-5-7-15(11-14)26-2/h4-9,11,13H,1,10,12H2,2-3H3. The van der Waals surface area contributed by atoms with Crippen LogP contribution < -0.4 is 9.54 Å². The first-order chi connectivity index (χ1) is 13.3. The van der Waals surface area contributed by atoms with Gasteiger partial charge in [0.1, 0.15) is 5.75 Å². The SMILES string of the molecule is C=CCn1c(=NC(=O)Cc2cccc(OC)c2)sc2cc(S(C)(=O)=O)ccc21. The Labute approximate surface area is 167 Å². The average Bonchev–Trinajstić information content (AvgIpc) is 2.98. The molecule has 0 aliphatic heterocycles. The molecule has 0 radical (unpaired) electrons. The second-order valence-corrected chi connectivity index (χ2v) is 9.24. The number of methoxy groups -OCH3 is 1. The first-order valence-corrected chi connectivity index (χ1v) is 11.2. The largest absolute Gasteiger partial charge is 0.497 e. The number of fused-ring (bicyclic) bond motifs is 1. The summed E-state index contributed by atoms with van der Waals surface area (Å²) in [6.45, 7) is 4.22. The molecule has 0 unspecified atom stereocenters. The van der Waals surface area contributed by atoms with Gasteiger partial charge in [-0.3, -0.25) is 4.79 Å². The van der Waals surface area contributed by atoms with Gasteiger partial charge in [-0.15, -0.1) is 6.58 Å². The highest BCUT2D eigenvalue weighted by Gasteiger charge is 2.12. The molecular formula is C20H20N2O4S2. The lowest BCUT2D eigenvalue weighted by Gasteiger charge is -2.03. The van der Waals surface area contributed by atoms with E-state index in [4.69, 9.17) is 4.74 Å². The normalized spacial score (nSPS) is 12.3. The van der Waals surface area contributed by atoms with Crippen molar-refractivity contribution in [1.29, 1.82) is 0 Å². The quantitative estimate of drug-likeness (QED) is 0.579. The van der Waals surface area contributed by atoms with E-state index in [1.165, 1.54) is 17.6 Å². The third-order valence-electron chi connectivity index (χ3n) is 4.10. The summed E-state index contributed by atoms with van der Waals surface area (Å²) < 4.78 is 31.4.